The fourth-order valence-electron chi connectivity index (χ4n) is 1.12. The molecule has 3 nitrogen and oxygen atoms in total. The first-order valence-corrected chi connectivity index (χ1v) is 4.88. The lowest BCUT2D eigenvalue weighted by molar-refractivity contribution is 0.291. The normalized spacial score (nSPS) is 9.00. The summed E-state index contributed by atoms with van der Waals surface area (Å²) in [4.78, 5) is 0. The van der Waals surface area contributed by atoms with E-state index in [9.17, 15) is 0 Å². The van der Waals surface area contributed by atoms with Gasteiger partial charge in [-0.3, -0.25) is 0 Å². The smallest absolute Gasteiger partial charge is 0.144 e. The minimum atomic E-state index is 0. The van der Waals surface area contributed by atoms with Crippen molar-refractivity contribution in [3.8, 4) is 5.75 Å². The molecule has 0 atom stereocenters. The number of rotatable bonds is 4. The molecule has 0 bridgehead atoms. The highest BCUT2D eigenvalue weighted by molar-refractivity contribution is 6.34. The van der Waals surface area contributed by atoms with Gasteiger partial charge in [0.25, 0.3) is 0 Å². The van der Waals surface area contributed by atoms with Crippen molar-refractivity contribution in [2.75, 3.05) is 6.61 Å². The van der Waals surface area contributed by atoms with Crippen LogP contribution >= 0.6 is 0 Å². The molecule has 0 unspecified atom stereocenters. The number of para-hydroxylation sites is 1. The molecule has 4 N–H and O–H groups in total. The van der Waals surface area contributed by atoms with E-state index in [1.165, 1.54) is 5.46 Å². The van der Waals surface area contributed by atoms with Crippen LogP contribution in [0.25, 0.3) is 0 Å². The molecule has 0 aliphatic carbocycles. The SMILES string of the molecule is Bc1ccccc1OCCC(C)C.O.O. The topological polar surface area (TPSA) is 72.2 Å². The van der Waals surface area contributed by atoms with Crippen molar-refractivity contribution in [3.63, 3.8) is 0 Å². The molecule has 1 rings (SSSR count). The lowest BCUT2D eigenvalue weighted by atomic mass is 9.95. The molecule has 4 heteroatoms. The zero-order valence-corrected chi connectivity index (χ0v) is 9.71. The Labute approximate surface area is 92.5 Å². The largest absolute Gasteiger partial charge is 0.494 e. The second-order valence-electron chi connectivity index (χ2n) is 3.80. The molecule has 0 fully saturated rings. The van der Waals surface area contributed by atoms with Crippen LogP contribution in [0.4, 0.5) is 0 Å². The summed E-state index contributed by atoms with van der Waals surface area (Å²) in [6.45, 7) is 5.24. The van der Waals surface area contributed by atoms with Crippen molar-refractivity contribution in [1.82, 2.24) is 0 Å². The van der Waals surface area contributed by atoms with Crippen LogP contribution in [0.2, 0.25) is 0 Å². The Morgan fingerprint density at radius 2 is 1.80 bits per heavy atom. The summed E-state index contributed by atoms with van der Waals surface area (Å²) < 4.78 is 5.65. The first-order valence-electron chi connectivity index (χ1n) is 4.88. The second-order valence-corrected chi connectivity index (χ2v) is 3.80. The zero-order valence-electron chi connectivity index (χ0n) is 9.71. The Hall–Kier alpha value is -0.995. The average Bonchev–Trinajstić information content (AvgIpc) is 2.08. The maximum absolute atomic E-state index is 5.65. The van der Waals surface area contributed by atoms with Crippen LogP contribution in [0.1, 0.15) is 20.3 Å². The Morgan fingerprint density at radius 1 is 1.20 bits per heavy atom. The third kappa shape index (κ3) is 6.15. The average molecular weight is 212 g/mol. The summed E-state index contributed by atoms with van der Waals surface area (Å²) in [6, 6.07) is 8.14. The quantitative estimate of drug-likeness (QED) is 0.632. The van der Waals surface area contributed by atoms with Gasteiger partial charge in [-0.05, 0) is 23.9 Å². The van der Waals surface area contributed by atoms with Gasteiger partial charge in [0.1, 0.15) is 13.6 Å². The summed E-state index contributed by atoms with van der Waals surface area (Å²) in [7, 11) is 2.07. The van der Waals surface area contributed by atoms with Crippen molar-refractivity contribution in [3.05, 3.63) is 24.3 Å². The van der Waals surface area contributed by atoms with Crippen LogP contribution in [-0.2, 0) is 0 Å². The highest BCUT2D eigenvalue weighted by Gasteiger charge is 1.98. The number of ether oxygens (including phenoxy) is 1. The van der Waals surface area contributed by atoms with E-state index in [0.29, 0.717) is 5.92 Å². The van der Waals surface area contributed by atoms with Crippen LogP contribution in [-0.4, -0.2) is 25.4 Å². The Kier molecular flexibility index (Phi) is 9.12. The summed E-state index contributed by atoms with van der Waals surface area (Å²) in [6.07, 6.45) is 1.12. The minimum absolute atomic E-state index is 0. The molecular weight excluding hydrogens is 191 g/mol. The lowest BCUT2D eigenvalue weighted by Crippen LogP contribution is -2.10. The van der Waals surface area contributed by atoms with E-state index >= 15 is 0 Å². The summed E-state index contributed by atoms with van der Waals surface area (Å²) in [5.74, 6) is 1.73. The number of hydrogen-bond acceptors (Lipinski definition) is 1. The van der Waals surface area contributed by atoms with Crippen LogP contribution in [0, 0.1) is 5.92 Å². The first-order chi connectivity index (χ1) is 6.20. The standard InChI is InChI=1S/C11H17BO.2H2O/c1-9(2)7-8-13-11-6-4-3-5-10(11)12;;/h3-6,9H,7-8,12H2,1-2H3;2*1H2. The van der Waals surface area contributed by atoms with Crippen molar-refractivity contribution in [2.24, 2.45) is 5.92 Å². The van der Waals surface area contributed by atoms with Gasteiger partial charge >= 0.3 is 0 Å². The molecule has 0 saturated carbocycles. The fraction of sp³-hybridized carbons (Fsp3) is 0.455. The fourth-order valence-corrected chi connectivity index (χ4v) is 1.12. The van der Waals surface area contributed by atoms with Crippen molar-refractivity contribution in [1.29, 1.82) is 0 Å². The van der Waals surface area contributed by atoms with E-state index in [4.69, 9.17) is 4.74 Å². The molecular formula is C11H21BO3. The second kappa shape index (κ2) is 8.32. The maximum atomic E-state index is 5.65. The Balaban J connectivity index is 0. The predicted molar refractivity (Wildman–Crippen MR) is 66.8 cm³/mol. The van der Waals surface area contributed by atoms with Gasteiger partial charge in [-0.15, -0.1) is 0 Å². The molecule has 0 amide bonds. The minimum Gasteiger partial charge on any atom is -0.494 e. The molecule has 0 spiro atoms. The maximum Gasteiger partial charge on any atom is 0.144 e. The number of hydrogen-bond donors (Lipinski definition) is 0. The zero-order chi connectivity index (χ0) is 9.68. The molecule has 1 aromatic rings. The predicted octanol–water partition coefficient (Wildman–Crippen LogP) is -0.280. The van der Waals surface area contributed by atoms with Crippen LogP contribution < -0.4 is 10.2 Å². The Morgan fingerprint density at radius 3 is 2.33 bits per heavy atom. The van der Waals surface area contributed by atoms with Gasteiger partial charge in [0.05, 0.1) is 6.61 Å². The molecule has 0 radical (unpaired) electrons. The molecule has 0 aliphatic heterocycles. The van der Waals surface area contributed by atoms with Crippen LogP contribution in [0.5, 0.6) is 5.75 Å². The summed E-state index contributed by atoms with van der Waals surface area (Å²) in [5.41, 5.74) is 1.21. The summed E-state index contributed by atoms with van der Waals surface area (Å²) >= 11 is 0. The third-order valence-electron chi connectivity index (χ3n) is 2.05. The molecule has 1 aromatic carbocycles. The van der Waals surface area contributed by atoms with Gasteiger partial charge in [-0.1, -0.05) is 32.0 Å². The van der Waals surface area contributed by atoms with E-state index in [1.54, 1.807) is 0 Å². The summed E-state index contributed by atoms with van der Waals surface area (Å²) in [5, 5.41) is 0. The number of benzene rings is 1. The van der Waals surface area contributed by atoms with Gasteiger partial charge in [0.2, 0.25) is 0 Å². The van der Waals surface area contributed by atoms with Crippen LogP contribution in [0.15, 0.2) is 24.3 Å². The molecule has 86 valence electrons. The van der Waals surface area contributed by atoms with E-state index in [0.717, 1.165) is 18.8 Å². The Bertz CT molecular complexity index is 264. The van der Waals surface area contributed by atoms with E-state index < -0.39 is 0 Å². The highest BCUT2D eigenvalue weighted by Crippen LogP contribution is 2.07. The third-order valence-corrected chi connectivity index (χ3v) is 2.05. The molecule has 0 saturated heterocycles. The monoisotopic (exact) mass is 212 g/mol. The highest BCUT2D eigenvalue weighted by atomic mass is 16.5. The van der Waals surface area contributed by atoms with Crippen molar-refractivity contribution >= 4 is 13.3 Å². The molecule has 0 heterocycles. The van der Waals surface area contributed by atoms with Gasteiger partial charge in [0, 0.05) is 0 Å². The van der Waals surface area contributed by atoms with Crippen molar-refractivity contribution in [2.45, 2.75) is 20.3 Å². The van der Waals surface area contributed by atoms with Gasteiger partial charge in [0.15, 0.2) is 0 Å². The van der Waals surface area contributed by atoms with E-state index in [1.807, 2.05) is 18.2 Å². The van der Waals surface area contributed by atoms with Gasteiger partial charge < -0.3 is 15.7 Å². The molecule has 15 heavy (non-hydrogen) atoms. The molecule has 0 aromatic heterocycles. The molecule has 0 aliphatic rings. The van der Waals surface area contributed by atoms with E-state index in [-0.39, 0.29) is 11.0 Å². The first kappa shape index (κ1) is 16.4. The lowest BCUT2D eigenvalue weighted by Gasteiger charge is -2.09. The van der Waals surface area contributed by atoms with Crippen LogP contribution in [0.3, 0.4) is 0 Å². The van der Waals surface area contributed by atoms with Gasteiger partial charge in [-0.25, -0.2) is 0 Å². The van der Waals surface area contributed by atoms with E-state index in [2.05, 4.69) is 27.8 Å². The van der Waals surface area contributed by atoms with Gasteiger partial charge in [-0.2, -0.15) is 0 Å². The van der Waals surface area contributed by atoms with Crippen molar-refractivity contribution < 1.29 is 15.7 Å².